The normalized spacial score (nSPS) is 19.3. The minimum Gasteiger partial charge on any atom is -0.355 e. The van der Waals surface area contributed by atoms with Crippen LogP contribution in [0.2, 0.25) is 0 Å². The molecule has 0 radical (unpaired) electrons. The van der Waals surface area contributed by atoms with Crippen molar-refractivity contribution in [3.05, 3.63) is 35.9 Å². The van der Waals surface area contributed by atoms with Crippen molar-refractivity contribution in [2.45, 2.75) is 25.0 Å². The van der Waals surface area contributed by atoms with Crippen LogP contribution in [-0.2, 0) is 16.0 Å². The lowest BCUT2D eigenvalue weighted by atomic mass is 10.1. The number of hydrogen-bond acceptors (Lipinski definition) is 3. The molecule has 1 fully saturated rings. The largest absolute Gasteiger partial charge is 0.355 e. The molecule has 0 saturated carbocycles. The van der Waals surface area contributed by atoms with Gasteiger partial charge in [0.15, 0.2) is 0 Å². The number of nitrogens with one attached hydrogen (secondary N) is 1. The van der Waals surface area contributed by atoms with Crippen molar-refractivity contribution in [3.8, 4) is 0 Å². The van der Waals surface area contributed by atoms with Crippen molar-refractivity contribution >= 4 is 23.6 Å². The Morgan fingerprint density at radius 2 is 2.14 bits per heavy atom. The van der Waals surface area contributed by atoms with Gasteiger partial charge in [0.05, 0.1) is 5.25 Å². The van der Waals surface area contributed by atoms with E-state index < -0.39 is 0 Å². The predicted octanol–water partition coefficient (Wildman–Crippen LogP) is 1.95. The van der Waals surface area contributed by atoms with Crippen LogP contribution in [0.1, 0.15) is 18.9 Å². The highest BCUT2D eigenvalue weighted by Gasteiger charge is 2.29. The second kappa shape index (κ2) is 8.22. The summed E-state index contributed by atoms with van der Waals surface area (Å²) in [6.07, 6.45) is 3.35. The molecular weight excluding hydrogens is 296 g/mol. The highest BCUT2D eigenvalue weighted by molar-refractivity contribution is 7.99. The van der Waals surface area contributed by atoms with Gasteiger partial charge in [0.1, 0.15) is 0 Å². The van der Waals surface area contributed by atoms with Crippen LogP contribution in [0.5, 0.6) is 0 Å². The van der Waals surface area contributed by atoms with E-state index in [0.717, 1.165) is 19.5 Å². The molecule has 0 unspecified atom stereocenters. The second-order valence-corrected chi connectivity index (χ2v) is 6.95. The zero-order valence-electron chi connectivity index (χ0n) is 13.2. The zero-order chi connectivity index (χ0) is 15.9. The van der Waals surface area contributed by atoms with Crippen LogP contribution >= 0.6 is 11.8 Å². The molecule has 1 aliphatic heterocycles. The number of carbonyl (C=O) groups is 2. The van der Waals surface area contributed by atoms with Gasteiger partial charge < -0.3 is 10.2 Å². The highest BCUT2D eigenvalue weighted by Crippen LogP contribution is 2.18. The van der Waals surface area contributed by atoms with E-state index in [4.69, 9.17) is 0 Å². The van der Waals surface area contributed by atoms with E-state index in [0.29, 0.717) is 13.0 Å². The summed E-state index contributed by atoms with van der Waals surface area (Å²) in [5, 5.41) is 2.92. The molecule has 1 aromatic carbocycles. The Balaban J connectivity index is 1.75. The summed E-state index contributed by atoms with van der Waals surface area (Å²) in [6, 6.07) is 10.2. The minimum atomic E-state index is -0.0358. The third kappa shape index (κ3) is 4.77. The number of carbonyl (C=O) groups excluding carboxylic acids is 2. The van der Waals surface area contributed by atoms with E-state index in [1.165, 1.54) is 17.3 Å². The molecule has 0 aromatic heterocycles. The number of hydrogen-bond donors (Lipinski definition) is 1. The maximum absolute atomic E-state index is 12.0. The van der Waals surface area contributed by atoms with Crippen molar-refractivity contribution in [2.75, 3.05) is 25.9 Å². The van der Waals surface area contributed by atoms with Crippen LogP contribution in [0.3, 0.4) is 0 Å². The quantitative estimate of drug-likeness (QED) is 0.835. The van der Waals surface area contributed by atoms with E-state index in [1.54, 1.807) is 0 Å². The van der Waals surface area contributed by atoms with Crippen LogP contribution in [0.4, 0.5) is 0 Å². The van der Waals surface area contributed by atoms with E-state index in [9.17, 15) is 9.59 Å². The van der Waals surface area contributed by atoms with Gasteiger partial charge in [0.25, 0.3) is 0 Å². The highest BCUT2D eigenvalue weighted by atomic mass is 32.2. The van der Waals surface area contributed by atoms with Gasteiger partial charge in [-0.15, -0.1) is 0 Å². The van der Waals surface area contributed by atoms with Crippen LogP contribution < -0.4 is 5.32 Å². The monoisotopic (exact) mass is 320 g/mol. The number of rotatable bonds is 7. The zero-order valence-corrected chi connectivity index (χ0v) is 14.1. The summed E-state index contributed by atoms with van der Waals surface area (Å²) in [6.45, 7) is 4.00. The van der Waals surface area contributed by atoms with Gasteiger partial charge in [-0.3, -0.25) is 9.59 Å². The Labute approximate surface area is 136 Å². The summed E-state index contributed by atoms with van der Waals surface area (Å²) in [5.41, 5.74) is 1.25. The Hall–Kier alpha value is -1.49. The van der Waals surface area contributed by atoms with Gasteiger partial charge in [-0.25, -0.2) is 0 Å². The Morgan fingerprint density at radius 1 is 1.41 bits per heavy atom. The van der Waals surface area contributed by atoms with Crippen molar-refractivity contribution in [1.29, 1.82) is 0 Å². The van der Waals surface area contributed by atoms with Gasteiger partial charge in [0.2, 0.25) is 11.8 Å². The van der Waals surface area contributed by atoms with Crippen molar-refractivity contribution < 1.29 is 9.59 Å². The third-order valence-electron chi connectivity index (χ3n) is 4.10. The average molecular weight is 320 g/mol. The van der Waals surface area contributed by atoms with Gasteiger partial charge in [-0.1, -0.05) is 30.3 Å². The Bertz CT molecular complexity index is 507. The lowest BCUT2D eigenvalue weighted by molar-refractivity contribution is -0.127. The van der Waals surface area contributed by atoms with Crippen LogP contribution in [0.15, 0.2) is 30.3 Å². The smallest absolute Gasteiger partial charge is 0.232 e. The van der Waals surface area contributed by atoms with Crippen molar-refractivity contribution in [3.63, 3.8) is 0 Å². The van der Waals surface area contributed by atoms with Crippen LogP contribution in [-0.4, -0.2) is 47.9 Å². The molecule has 4 nitrogen and oxygen atoms in total. The summed E-state index contributed by atoms with van der Waals surface area (Å²) in [5.74, 6) is 0.497. The summed E-state index contributed by atoms with van der Waals surface area (Å²) < 4.78 is 0. The first-order valence-electron chi connectivity index (χ1n) is 7.72. The lowest BCUT2D eigenvalue weighted by Gasteiger charge is -2.17. The van der Waals surface area contributed by atoms with Gasteiger partial charge >= 0.3 is 0 Å². The first-order chi connectivity index (χ1) is 10.6. The number of benzene rings is 1. The molecular formula is C17H24N2O2S. The van der Waals surface area contributed by atoms with E-state index in [2.05, 4.69) is 17.4 Å². The fraction of sp³-hybridized carbons (Fsp3) is 0.529. The van der Waals surface area contributed by atoms with E-state index in [1.807, 2.05) is 36.3 Å². The first kappa shape index (κ1) is 16.9. The van der Waals surface area contributed by atoms with Crippen molar-refractivity contribution in [1.82, 2.24) is 10.2 Å². The molecule has 2 amide bonds. The number of amides is 2. The Morgan fingerprint density at radius 3 is 2.82 bits per heavy atom. The molecule has 1 aromatic rings. The minimum absolute atomic E-state index is 0.0358. The van der Waals surface area contributed by atoms with Crippen molar-refractivity contribution in [2.24, 2.45) is 5.92 Å². The standard InChI is InChI=1S/C17H24N2O2S/c1-13(22-2)17(21)18-11-15-10-16(20)19(12-15)9-8-14-6-4-3-5-7-14/h3-7,13,15H,8-12H2,1-2H3,(H,18,21)/t13-,15-/m1/s1. The maximum Gasteiger partial charge on any atom is 0.232 e. The van der Waals surface area contributed by atoms with Crippen LogP contribution in [0.25, 0.3) is 0 Å². The first-order valence-corrected chi connectivity index (χ1v) is 9.01. The molecule has 0 bridgehead atoms. The molecule has 5 heteroatoms. The predicted molar refractivity (Wildman–Crippen MR) is 90.8 cm³/mol. The molecule has 1 aliphatic rings. The van der Waals surface area contributed by atoms with Gasteiger partial charge in [0, 0.05) is 32.0 Å². The molecule has 2 atom stereocenters. The van der Waals surface area contributed by atoms with Crippen LogP contribution in [0, 0.1) is 5.92 Å². The summed E-state index contributed by atoms with van der Waals surface area (Å²) >= 11 is 1.53. The SMILES string of the molecule is CS[C@H](C)C(=O)NC[C@H]1CC(=O)N(CCc2ccccc2)C1. The number of thioether (sulfide) groups is 1. The molecule has 120 valence electrons. The van der Waals surface area contributed by atoms with Gasteiger partial charge in [-0.05, 0) is 25.2 Å². The fourth-order valence-electron chi connectivity index (χ4n) is 2.61. The number of likely N-dealkylation sites (tertiary alicyclic amines) is 1. The summed E-state index contributed by atoms with van der Waals surface area (Å²) in [4.78, 5) is 25.7. The maximum atomic E-state index is 12.0. The summed E-state index contributed by atoms with van der Waals surface area (Å²) in [7, 11) is 0. The topological polar surface area (TPSA) is 49.4 Å². The molecule has 1 N–H and O–H groups in total. The van der Waals surface area contributed by atoms with Gasteiger partial charge in [-0.2, -0.15) is 11.8 Å². The molecule has 0 aliphatic carbocycles. The number of nitrogens with zero attached hydrogens (tertiary/aromatic N) is 1. The Kier molecular flexibility index (Phi) is 6.31. The molecule has 0 spiro atoms. The molecule has 22 heavy (non-hydrogen) atoms. The second-order valence-electron chi connectivity index (χ2n) is 5.77. The third-order valence-corrected chi connectivity index (χ3v) is 5.02. The molecule has 1 saturated heterocycles. The molecule has 2 rings (SSSR count). The lowest BCUT2D eigenvalue weighted by Crippen LogP contribution is -2.35. The molecule has 1 heterocycles. The fourth-order valence-corrected chi connectivity index (χ4v) is 2.91. The van der Waals surface area contributed by atoms with E-state index >= 15 is 0 Å². The average Bonchev–Trinajstić information content (AvgIpc) is 2.90. The van der Waals surface area contributed by atoms with E-state index in [-0.39, 0.29) is 23.0 Å².